The molecule has 68 heavy (non-hydrogen) atoms. The fourth-order valence-electron chi connectivity index (χ4n) is 12.8. The van der Waals surface area contributed by atoms with E-state index in [0.717, 1.165) is 51.4 Å². The third kappa shape index (κ3) is 8.47. The van der Waals surface area contributed by atoms with Crippen LogP contribution in [-0.2, 0) is 73.0 Å². The van der Waals surface area contributed by atoms with Crippen molar-refractivity contribution in [3.63, 3.8) is 0 Å². The third-order valence-electron chi connectivity index (χ3n) is 15.5. The maximum absolute atomic E-state index is 2.53. The predicted molar refractivity (Wildman–Crippen MR) is 302 cm³/mol. The van der Waals surface area contributed by atoms with E-state index in [-0.39, 0.29) is 21.7 Å². The van der Waals surface area contributed by atoms with E-state index >= 15 is 0 Å². The second-order valence-corrected chi connectivity index (χ2v) is 24.2. The van der Waals surface area contributed by atoms with E-state index < -0.39 is 0 Å². The Hall–Kier alpha value is -4.68. The summed E-state index contributed by atoms with van der Waals surface area (Å²) in [5, 5.41) is 0. The lowest BCUT2D eigenvalue weighted by Gasteiger charge is -2.41. The van der Waals surface area contributed by atoms with Crippen LogP contribution in [0, 0.1) is 0 Å². The molecule has 360 valence electrons. The van der Waals surface area contributed by atoms with Crippen molar-refractivity contribution in [2.75, 3.05) is 0 Å². The van der Waals surface area contributed by atoms with Gasteiger partial charge in [-0.05, 0) is 207 Å². The molecular formula is C68H88. The van der Waals surface area contributed by atoms with Crippen molar-refractivity contribution in [2.24, 2.45) is 0 Å². The number of hydrogen-bond donors (Lipinski definition) is 0. The van der Waals surface area contributed by atoms with E-state index in [1.165, 1.54) is 134 Å². The minimum Gasteiger partial charge on any atom is -0.0616 e. The molecule has 0 fully saturated rings. The highest BCUT2D eigenvalue weighted by Crippen LogP contribution is 2.66. The first-order valence-electron chi connectivity index (χ1n) is 27.0. The summed E-state index contributed by atoms with van der Waals surface area (Å²) >= 11 is 0. The Morgan fingerprint density at radius 1 is 0.221 bits per heavy atom. The number of aryl methyl sites for hydroxylation is 8. The molecule has 1 aliphatic rings. The molecule has 0 aromatic heterocycles. The molecule has 6 aromatic carbocycles. The fourth-order valence-corrected chi connectivity index (χ4v) is 12.8. The van der Waals surface area contributed by atoms with E-state index in [4.69, 9.17) is 0 Å². The molecule has 0 atom stereocenters. The Morgan fingerprint density at radius 3 is 0.574 bits per heavy atom. The van der Waals surface area contributed by atoms with Crippen molar-refractivity contribution < 1.29 is 0 Å². The van der Waals surface area contributed by atoms with Crippen LogP contribution < -0.4 is 0 Å². The van der Waals surface area contributed by atoms with Gasteiger partial charge in [0.1, 0.15) is 0 Å². The van der Waals surface area contributed by atoms with Gasteiger partial charge in [-0.2, -0.15) is 0 Å². The van der Waals surface area contributed by atoms with Crippen LogP contribution >= 0.6 is 0 Å². The Bertz CT molecular complexity index is 2680. The van der Waals surface area contributed by atoms with Crippen molar-refractivity contribution >= 4 is 0 Å². The summed E-state index contributed by atoms with van der Waals surface area (Å²) < 4.78 is 0. The number of rotatable bonds is 12. The van der Waals surface area contributed by atoms with Crippen LogP contribution in [0.3, 0.4) is 0 Å². The van der Waals surface area contributed by atoms with Gasteiger partial charge in [0, 0.05) is 0 Å². The molecule has 7 rings (SSSR count). The number of fused-ring (bicyclic) bond motifs is 4. The maximum Gasteiger partial charge on any atom is -0.000719 e. The lowest BCUT2D eigenvalue weighted by Crippen LogP contribution is -2.23. The van der Waals surface area contributed by atoms with Gasteiger partial charge in [0.2, 0.25) is 0 Å². The van der Waals surface area contributed by atoms with Crippen LogP contribution in [0.1, 0.15) is 205 Å². The molecular weight excluding hydrogens is 817 g/mol. The minimum atomic E-state index is -0.133. The van der Waals surface area contributed by atoms with Crippen molar-refractivity contribution in [1.82, 2.24) is 0 Å². The van der Waals surface area contributed by atoms with Crippen molar-refractivity contribution in [3.8, 4) is 66.8 Å². The van der Waals surface area contributed by atoms with E-state index in [1.54, 1.807) is 0 Å². The molecule has 1 aliphatic carbocycles. The molecule has 0 heterocycles. The van der Waals surface area contributed by atoms with E-state index in [0.29, 0.717) is 0 Å². The first kappa shape index (κ1) is 51.2. The largest absolute Gasteiger partial charge is 0.0616 e. The summed E-state index contributed by atoms with van der Waals surface area (Å²) in [5.41, 5.74) is 34.7. The summed E-state index contributed by atoms with van der Waals surface area (Å²) in [6.07, 6.45) is 7.78. The van der Waals surface area contributed by atoms with Crippen LogP contribution in [-0.4, -0.2) is 0 Å². The molecule has 0 radical (unpaired) electrons. The lowest BCUT2D eigenvalue weighted by molar-refractivity contribution is 0.582. The predicted octanol–water partition coefficient (Wildman–Crippen LogP) is 19.7. The monoisotopic (exact) mass is 905 g/mol. The standard InChI is InChI=1S/C68H88/c1-21-41-33-37-45(25-5)61(65(9,10)11)51(41)57-55-49-31-29-30-32-50(49)56(55)58(52-42(22-2)34-38-46(26-6)62(52)66(12,13)14)60(54-44(24-4)36-40-48(28-8)64(54)68(18,19)20)59(57)53-43(23-3)35-39-47(27-7)63(53)67(15,16)17/h29-40H,21-28H2,1-20H3. The van der Waals surface area contributed by atoms with Crippen molar-refractivity contribution in [3.05, 3.63) is 140 Å². The molecule has 0 heteroatoms. The Balaban J connectivity index is 2.08. The van der Waals surface area contributed by atoms with Crippen LogP contribution in [0.25, 0.3) is 66.8 Å². The zero-order chi connectivity index (χ0) is 50.0. The van der Waals surface area contributed by atoms with E-state index in [1.807, 2.05) is 0 Å². The summed E-state index contributed by atoms with van der Waals surface area (Å²) in [7, 11) is 0. The van der Waals surface area contributed by atoms with Crippen molar-refractivity contribution in [2.45, 2.75) is 212 Å². The maximum atomic E-state index is 2.53. The summed E-state index contributed by atoms with van der Waals surface area (Å²) in [6.45, 7) is 49.0. The molecule has 0 aliphatic heterocycles. The van der Waals surface area contributed by atoms with Crippen LogP contribution in [0.4, 0.5) is 0 Å². The molecule has 0 saturated carbocycles. The normalized spacial score (nSPS) is 12.9. The van der Waals surface area contributed by atoms with E-state index in [2.05, 4.69) is 211 Å². The molecule has 6 aromatic rings. The van der Waals surface area contributed by atoms with Gasteiger partial charge in [0.15, 0.2) is 0 Å². The third-order valence-corrected chi connectivity index (χ3v) is 15.5. The molecule has 0 saturated heterocycles. The van der Waals surface area contributed by atoms with Gasteiger partial charge in [-0.25, -0.2) is 0 Å². The highest BCUT2D eigenvalue weighted by molar-refractivity contribution is 6.24. The minimum absolute atomic E-state index is 0.110. The van der Waals surface area contributed by atoms with Crippen LogP contribution in [0.2, 0.25) is 0 Å². The van der Waals surface area contributed by atoms with Crippen LogP contribution in [0.15, 0.2) is 72.8 Å². The van der Waals surface area contributed by atoms with Gasteiger partial charge >= 0.3 is 0 Å². The summed E-state index contributed by atoms with van der Waals surface area (Å²) in [4.78, 5) is 0. The van der Waals surface area contributed by atoms with Gasteiger partial charge in [-0.3, -0.25) is 0 Å². The topological polar surface area (TPSA) is 0 Å². The quantitative estimate of drug-likeness (QED) is 0.115. The second-order valence-electron chi connectivity index (χ2n) is 24.2. The first-order chi connectivity index (χ1) is 32.0. The molecule has 0 unspecified atom stereocenters. The molecule has 0 nitrogen and oxygen atoms in total. The van der Waals surface area contributed by atoms with Gasteiger partial charge in [-0.1, -0.05) is 211 Å². The Kier molecular flexibility index (Phi) is 14.2. The summed E-state index contributed by atoms with van der Waals surface area (Å²) in [5.74, 6) is 0. The summed E-state index contributed by atoms with van der Waals surface area (Å²) in [6, 6.07) is 29.5. The molecule has 0 spiro atoms. The zero-order valence-electron chi connectivity index (χ0n) is 46.6. The molecule has 0 bridgehead atoms. The first-order valence-corrected chi connectivity index (χ1v) is 27.0. The van der Waals surface area contributed by atoms with Gasteiger partial charge < -0.3 is 0 Å². The fraction of sp³-hybridized carbons (Fsp3) is 0.471. The Labute approximate surface area is 415 Å². The molecule has 0 amide bonds. The smallest absolute Gasteiger partial charge is 0.000719 e. The highest BCUT2D eigenvalue weighted by atomic mass is 14.5. The van der Waals surface area contributed by atoms with Crippen LogP contribution in [0.5, 0.6) is 0 Å². The number of benzene rings is 6. The van der Waals surface area contributed by atoms with E-state index in [9.17, 15) is 0 Å². The molecule has 0 N–H and O–H groups in total. The van der Waals surface area contributed by atoms with Crippen molar-refractivity contribution in [1.29, 1.82) is 0 Å². The SMILES string of the molecule is CCc1ccc(CC)c(C(C)(C)C)c1-c1c2c(c(-c3c(CC)ccc(CC)c3C(C)(C)C)c(-c3c(CC)ccc(CC)c3C(C)(C)C)c1-c1c(CC)ccc(CC)c1C(C)(C)C)-c1ccccc1-2. The van der Waals surface area contributed by atoms with Gasteiger partial charge in [0.25, 0.3) is 0 Å². The average Bonchev–Trinajstić information content (AvgIpc) is 3.28. The number of hydrogen-bond acceptors (Lipinski definition) is 0. The highest BCUT2D eigenvalue weighted by Gasteiger charge is 2.43. The lowest BCUT2D eigenvalue weighted by atomic mass is 9.61. The second kappa shape index (κ2) is 18.9. The average molecular weight is 905 g/mol. The van der Waals surface area contributed by atoms with Gasteiger partial charge in [-0.15, -0.1) is 0 Å². The van der Waals surface area contributed by atoms with Gasteiger partial charge in [0.05, 0.1) is 0 Å². The Morgan fingerprint density at radius 2 is 0.397 bits per heavy atom. The zero-order valence-corrected chi connectivity index (χ0v) is 46.6.